The fraction of sp³-hybridized carbons (Fsp3) is 0.375. The molecule has 2 aromatic rings. The predicted octanol–water partition coefficient (Wildman–Crippen LogP) is 3.21. The highest BCUT2D eigenvalue weighted by Gasteiger charge is 2.35. The molecule has 1 saturated carbocycles. The molecule has 2 aromatic carbocycles. The highest BCUT2D eigenvalue weighted by molar-refractivity contribution is 5.79. The smallest absolute Gasteiger partial charge is 0.407 e. The van der Waals surface area contributed by atoms with E-state index in [1.165, 1.54) is 6.92 Å². The molecule has 3 N–H and O–H groups in total. The van der Waals surface area contributed by atoms with Gasteiger partial charge in [-0.3, -0.25) is 9.63 Å². The van der Waals surface area contributed by atoms with Crippen LogP contribution in [0.5, 0.6) is 0 Å². The van der Waals surface area contributed by atoms with Crippen LogP contribution >= 0.6 is 0 Å². The Hall–Kier alpha value is -3.39. The Balaban J connectivity index is 1.33. The van der Waals surface area contributed by atoms with Gasteiger partial charge in [0.05, 0.1) is 0 Å². The molecule has 2 unspecified atom stereocenters. The van der Waals surface area contributed by atoms with E-state index >= 15 is 0 Å². The third-order valence-electron chi connectivity index (χ3n) is 5.94. The van der Waals surface area contributed by atoms with Gasteiger partial charge in [0.1, 0.15) is 6.61 Å². The average Bonchev–Trinajstić information content (AvgIpc) is 3.58. The minimum absolute atomic E-state index is 0.0127. The summed E-state index contributed by atoms with van der Waals surface area (Å²) < 4.78 is 5.57. The summed E-state index contributed by atoms with van der Waals surface area (Å²) in [6.07, 6.45) is 0.0770. The van der Waals surface area contributed by atoms with Crippen molar-refractivity contribution in [3.63, 3.8) is 0 Å². The van der Waals surface area contributed by atoms with Gasteiger partial charge < -0.3 is 15.2 Å². The second-order valence-corrected chi connectivity index (χ2v) is 8.24. The molecule has 0 saturated heterocycles. The molecule has 2 amide bonds. The van der Waals surface area contributed by atoms with Crippen molar-refractivity contribution >= 4 is 18.0 Å². The van der Waals surface area contributed by atoms with E-state index < -0.39 is 30.1 Å². The Labute approximate surface area is 185 Å². The number of nitrogens with one attached hydrogen (secondary N) is 2. The second-order valence-electron chi connectivity index (χ2n) is 8.24. The largest absolute Gasteiger partial charge is 0.479 e. The molecule has 168 valence electrons. The number of carboxylic acids is 1. The molecule has 0 heterocycles. The van der Waals surface area contributed by atoms with Crippen LogP contribution in [0.2, 0.25) is 0 Å². The number of benzene rings is 2. The fourth-order valence-corrected chi connectivity index (χ4v) is 4.07. The summed E-state index contributed by atoms with van der Waals surface area (Å²) in [6.45, 7) is 1.51. The number of hydrogen-bond acceptors (Lipinski definition) is 5. The Morgan fingerprint density at radius 3 is 2.19 bits per heavy atom. The third-order valence-corrected chi connectivity index (χ3v) is 5.94. The van der Waals surface area contributed by atoms with Gasteiger partial charge in [0.2, 0.25) is 5.91 Å². The number of carbonyl (C=O) groups is 3. The average molecular weight is 438 g/mol. The molecule has 8 nitrogen and oxygen atoms in total. The molecule has 0 bridgehead atoms. The number of carbonyl (C=O) groups excluding carboxylic acids is 2. The summed E-state index contributed by atoms with van der Waals surface area (Å²) >= 11 is 0. The zero-order valence-corrected chi connectivity index (χ0v) is 17.7. The SMILES string of the molecule is CC(ONC(=O)CC(NC(=O)OCC1c2ccccc2-c2ccccc21)C1CC1)C(=O)O. The Kier molecular flexibility index (Phi) is 6.41. The van der Waals surface area contributed by atoms with E-state index in [1.54, 1.807) is 0 Å². The van der Waals surface area contributed by atoms with Gasteiger partial charge in [0.15, 0.2) is 6.10 Å². The van der Waals surface area contributed by atoms with Gasteiger partial charge in [-0.1, -0.05) is 48.5 Å². The van der Waals surface area contributed by atoms with Gasteiger partial charge in [-0.2, -0.15) is 0 Å². The first kappa shape index (κ1) is 21.8. The van der Waals surface area contributed by atoms with Crippen molar-refractivity contribution in [1.82, 2.24) is 10.8 Å². The van der Waals surface area contributed by atoms with E-state index in [4.69, 9.17) is 14.7 Å². The number of carboxylic acid groups (broad SMARTS) is 1. The summed E-state index contributed by atoms with van der Waals surface area (Å²) in [4.78, 5) is 40.2. The Morgan fingerprint density at radius 1 is 1.03 bits per heavy atom. The summed E-state index contributed by atoms with van der Waals surface area (Å²) in [5.41, 5.74) is 6.70. The summed E-state index contributed by atoms with van der Waals surface area (Å²) in [5, 5.41) is 11.6. The first-order chi connectivity index (χ1) is 15.4. The number of hydrogen-bond donors (Lipinski definition) is 3. The van der Waals surface area contributed by atoms with Crippen molar-refractivity contribution in [2.24, 2.45) is 5.92 Å². The van der Waals surface area contributed by atoms with Crippen molar-refractivity contribution in [2.45, 2.75) is 44.2 Å². The Bertz CT molecular complexity index is 974. The van der Waals surface area contributed by atoms with Crippen LogP contribution in [0, 0.1) is 5.92 Å². The van der Waals surface area contributed by atoms with Crippen molar-refractivity contribution < 1.29 is 29.1 Å². The second kappa shape index (κ2) is 9.40. The lowest BCUT2D eigenvalue weighted by molar-refractivity contribution is -0.158. The van der Waals surface area contributed by atoms with Gasteiger partial charge in [0.25, 0.3) is 0 Å². The van der Waals surface area contributed by atoms with E-state index in [-0.39, 0.29) is 24.9 Å². The first-order valence-corrected chi connectivity index (χ1v) is 10.7. The van der Waals surface area contributed by atoms with Gasteiger partial charge >= 0.3 is 12.1 Å². The number of alkyl carbamates (subject to hydrolysis) is 1. The first-order valence-electron chi connectivity index (χ1n) is 10.7. The quantitative estimate of drug-likeness (QED) is 0.518. The van der Waals surface area contributed by atoms with Crippen LogP contribution in [0.3, 0.4) is 0 Å². The summed E-state index contributed by atoms with van der Waals surface area (Å²) in [5.74, 6) is -1.52. The van der Waals surface area contributed by atoms with Crippen molar-refractivity contribution in [3.05, 3.63) is 59.7 Å². The standard InChI is InChI=1S/C24H26N2O6/c1-14(23(28)29)32-26-22(27)12-21(15-10-11-15)25-24(30)31-13-20-18-8-4-2-6-16(18)17-7-3-5-9-19(17)20/h2-9,14-15,20-21H,10-13H2,1H3,(H,25,30)(H,26,27)(H,28,29). The maximum absolute atomic E-state index is 12.5. The zero-order chi connectivity index (χ0) is 22.7. The lowest BCUT2D eigenvalue weighted by Gasteiger charge is -2.20. The van der Waals surface area contributed by atoms with Gasteiger partial charge in [0, 0.05) is 18.4 Å². The zero-order valence-electron chi connectivity index (χ0n) is 17.7. The predicted molar refractivity (Wildman–Crippen MR) is 116 cm³/mol. The third kappa shape index (κ3) is 4.91. The van der Waals surface area contributed by atoms with Gasteiger partial charge in [-0.25, -0.2) is 15.1 Å². The van der Waals surface area contributed by atoms with Crippen molar-refractivity contribution in [1.29, 1.82) is 0 Å². The normalized spacial score (nSPS) is 16.4. The lowest BCUT2D eigenvalue weighted by atomic mass is 9.98. The number of aliphatic carboxylic acids is 1. The van der Waals surface area contributed by atoms with E-state index in [2.05, 4.69) is 35.1 Å². The van der Waals surface area contributed by atoms with Gasteiger partial charge in [-0.15, -0.1) is 0 Å². The molecule has 2 aliphatic rings. The maximum Gasteiger partial charge on any atom is 0.407 e. The number of ether oxygens (including phenoxy) is 1. The number of hydroxylamine groups is 1. The molecular formula is C24H26N2O6. The minimum atomic E-state index is -1.18. The number of fused-ring (bicyclic) bond motifs is 3. The molecular weight excluding hydrogens is 412 g/mol. The minimum Gasteiger partial charge on any atom is -0.479 e. The highest BCUT2D eigenvalue weighted by Crippen LogP contribution is 2.44. The fourth-order valence-electron chi connectivity index (χ4n) is 4.07. The topological polar surface area (TPSA) is 114 Å². The molecule has 2 atom stereocenters. The molecule has 8 heteroatoms. The summed E-state index contributed by atoms with van der Waals surface area (Å²) in [6, 6.07) is 15.8. The molecule has 0 aromatic heterocycles. The van der Waals surface area contributed by atoms with Gasteiger partial charge in [-0.05, 0) is 47.9 Å². The van der Waals surface area contributed by atoms with E-state index in [1.807, 2.05) is 24.3 Å². The van der Waals surface area contributed by atoms with Crippen LogP contribution in [0.1, 0.15) is 43.2 Å². The van der Waals surface area contributed by atoms with E-state index in [0.29, 0.717) is 0 Å². The van der Waals surface area contributed by atoms with Crippen molar-refractivity contribution in [2.75, 3.05) is 6.61 Å². The summed E-state index contributed by atoms with van der Waals surface area (Å²) in [7, 11) is 0. The Morgan fingerprint density at radius 2 is 1.62 bits per heavy atom. The molecule has 2 aliphatic carbocycles. The van der Waals surface area contributed by atoms with E-state index in [0.717, 1.165) is 35.1 Å². The van der Waals surface area contributed by atoms with Crippen LogP contribution in [-0.2, 0) is 19.2 Å². The molecule has 0 radical (unpaired) electrons. The van der Waals surface area contributed by atoms with Crippen molar-refractivity contribution in [3.8, 4) is 11.1 Å². The van der Waals surface area contributed by atoms with Crippen LogP contribution in [0.25, 0.3) is 11.1 Å². The van der Waals surface area contributed by atoms with Crippen LogP contribution in [0.4, 0.5) is 4.79 Å². The van der Waals surface area contributed by atoms with Crippen LogP contribution in [0.15, 0.2) is 48.5 Å². The molecule has 0 spiro atoms. The van der Waals surface area contributed by atoms with Crippen LogP contribution in [-0.4, -0.2) is 41.8 Å². The highest BCUT2D eigenvalue weighted by atomic mass is 16.7. The number of rotatable bonds is 9. The lowest BCUT2D eigenvalue weighted by Crippen LogP contribution is -2.42. The number of amides is 2. The maximum atomic E-state index is 12.5. The van der Waals surface area contributed by atoms with Crippen LogP contribution < -0.4 is 10.8 Å². The molecule has 1 fully saturated rings. The monoisotopic (exact) mass is 438 g/mol. The molecule has 32 heavy (non-hydrogen) atoms. The van der Waals surface area contributed by atoms with E-state index in [9.17, 15) is 14.4 Å². The molecule has 4 rings (SSSR count). The molecule has 0 aliphatic heterocycles.